The Morgan fingerprint density at radius 3 is 1.71 bits per heavy atom. The lowest BCUT2D eigenvalue weighted by Gasteiger charge is -2.26. The van der Waals surface area contributed by atoms with Gasteiger partial charge in [-0.1, -0.05) is 45.0 Å². The van der Waals surface area contributed by atoms with Crippen LogP contribution in [-0.2, 0) is 9.47 Å². The van der Waals surface area contributed by atoms with Crippen LogP contribution < -0.4 is 5.73 Å². The molecule has 3 N–H and O–H groups in total. The molecule has 2 aliphatic heterocycles. The minimum Gasteiger partial charge on any atom is -0.477 e. The van der Waals surface area contributed by atoms with Crippen molar-refractivity contribution in [3.05, 3.63) is 59.2 Å². The Kier molecular flexibility index (Phi) is 29.0. The monoisotopic (exact) mass is 719 g/mol. The normalized spacial score (nSPS) is 13.8. The number of nitrogens with zero attached hydrogens (tertiary/aromatic N) is 4. The van der Waals surface area contributed by atoms with Crippen molar-refractivity contribution in [1.29, 1.82) is 0 Å². The highest BCUT2D eigenvalue weighted by Gasteiger charge is 2.11. The van der Waals surface area contributed by atoms with Crippen LogP contribution in [0.5, 0.6) is 0 Å². The van der Waals surface area contributed by atoms with Crippen molar-refractivity contribution in [3.63, 3.8) is 0 Å². The second kappa shape index (κ2) is 31.0. The standard InChI is InChI=1S/C18H24N2O2.C10H9NO2.C7H16N2O.CH2Cl2.CH4/c1-2-3-6-16-8-9-19-17(15-16)18(21)7-4-5-10-20-11-13-22-14-12-20;1-2-3-4-8-5-6-11-9(7-8)10(12)13;8-2-1-3-9-4-6-10-7-5-9;2-1-3;/h8-9,15H,2,4-5,7,10-14H2,1H3;5-7H,2H2,1H3,(H,12,13);1-8H2;1H2;1H4. The smallest absolute Gasteiger partial charge is 0.354 e. The Bertz CT molecular complexity index is 1300. The molecule has 0 aliphatic carbocycles. The maximum atomic E-state index is 12.2. The molecule has 0 atom stereocenters. The number of rotatable bonds is 10. The zero-order valence-electron chi connectivity index (χ0n) is 28.4. The number of hydrogen-bond donors (Lipinski definition) is 2. The van der Waals surface area contributed by atoms with Crippen molar-refractivity contribution in [2.45, 2.75) is 59.8 Å². The predicted octanol–water partition coefficient (Wildman–Crippen LogP) is 5.79. The Balaban J connectivity index is 0.000000726. The molecule has 0 spiro atoms. The van der Waals surface area contributed by atoms with Gasteiger partial charge in [0.25, 0.3) is 0 Å². The van der Waals surface area contributed by atoms with Crippen molar-refractivity contribution in [3.8, 4) is 23.7 Å². The van der Waals surface area contributed by atoms with Gasteiger partial charge in [-0.25, -0.2) is 9.78 Å². The summed E-state index contributed by atoms with van der Waals surface area (Å²) in [4.78, 5) is 35.3. The first kappa shape index (κ1) is 45.9. The van der Waals surface area contributed by atoms with Gasteiger partial charge in [0.1, 0.15) is 11.4 Å². The molecule has 2 aromatic rings. The number of carbonyl (C=O) groups is 2. The molecule has 2 fully saturated rings. The molecule has 12 heteroatoms. The van der Waals surface area contributed by atoms with Crippen molar-refractivity contribution < 1.29 is 24.2 Å². The maximum absolute atomic E-state index is 12.2. The predicted molar refractivity (Wildman–Crippen MR) is 199 cm³/mol. The molecule has 0 saturated carbocycles. The van der Waals surface area contributed by atoms with E-state index in [0.717, 1.165) is 110 Å². The van der Waals surface area contributed by atoms with E-state index >= 15 is 0 Å². The van der Waals surface area contributed by atoms with Crippen molar-refractivity contribution >= 4 is 35.0 Å². The van der Waals surface area contributed by atoms with Gasteiger partial charge in [-0.05, 0) is 63.2 Å². The molecule has 0 unspecified atom stereocenters. The van der Waals surface area contributed by atoms with E-state index in [0.29, 0.717) is 17.7 Å². The minimum atomic E-state index is -1.03. The van der Waals surface area contributed by atoms with E-state index < -0.39 is 5.97 Å². The molecule has 4 rings (SSSR count). The number of Topliss-reactive ketones (excluding diaryl/α,β-unsaturated/α-hetero) is 1. The Labute approximate surface area is 304 Å². The molecular formula is C37H55Cl2N5O5. The molecule has 2 aliphatic rings. The fourth-order valence-corrected chi connectivity index (χ4v) is 4.38. The number of carboxylic acid groups (broad SMARTS) is 1. The van der Waals surface area contributed by atoms with Crippen LogP contribution in [0.15, 0.2) is 36.7 Å². The Hall–Kier alpha value is -3.06. The summed E-state index contributed by atoms with van der Waals surface area (Å²) in [7, 11) is 0. The van der Waals surface area contributed by atoms with Crippen LogP contribution >= 0.6 is 23.2 Å². The molecule has 0 amide bonds. The number of morpholine rings is 2. The topological polar surface area (TPSA) is 131 Å². The van der Waals surface area contributed by atoms with Crippen LogP contribution in [0.2, 0.25) is 0 Å². The average molecular weight is 721 g/mol. The molecule has 4 heterocycles. The molecular weight excluding hydrogens is 665 g/mol. The van der Waals surface area contributed by atoms with Crippen LogP contribution in [0.25, 0.3) is 0 Å². The van der Waals surface area contributed by atoms with Gasteiger partial charge in [0, 0.05) is 69.0 Å². The van der Waals surface area contributed by atoms with E-state index in [1.54, 1.807) is 18.3 Å². The number of halogens is 2. The summed E-state index contributed by atoms with van der Waals surface area (Å²) in [6, 6.07) is 6.80. The van der Waals surface area contributed by atoms with Gasteiger partial charge < -0.3 is 20.3 Å². The van der Waals surface area contributed by atoms with E-state index in [-0.39, 0.29) is 24.2 Å². The fourth-order valence-electron chi connectivity index (χ4n) is 4.38. The van der Waals surface area contributed by atoms with Gasteiger partial charge >= 0.3 is 5.97 Å². The maximum Gasteiger partial charge on any atom is 0.354 e. The number of nitrogens with two attached hydrogens (primary N) is 1. The second-order valence-electron chi connectivity index (χ2n) is 10.5. The number of ether oxygens (including phenoxy) is 2. The first-order valence-corrected chi connectivity index (χ1v) is 17.5. The summed E-state index contributed by atoms with van der Waals surface area (Å²) in [6.07, 6.45) is 8.30. The quantitative estimate of drug-likeness (QED) is 0.135. The highest BCUT2D eigenvalue weighted by Crippen LogP contribution is 2.08. The third-order valence-corrected chi connectivity index (χ3v) is 6.86. The number of carboxylic acids is 1. The van der Waals surface area contributed by atoms with E-state index in [1.807, 2.05) is 19.9 Å². The van der Waals surface area contributed by atoms with Gasteiger partial charge in [0.05, 0.1) is 31.8 Å². The van der Waals surface area contributed by atoms with Crippen LogP contribution in [0, 0.1) is 23.7 Å². The number of unbranched alkanes of at least 4 members (excludes halogenated alkanes) is 1. The minimum absolute atomic E-state index is 0. The molecule has 0 aromatic carbocycles. The highest BCUT2D eigenvalue weighted by atomic mass is 35.5. The molecule has 272 valence electrons. The lowest BCUT2D eigenvalue weighted by Crippen LogP contribution is -2.37. The number of alkyl halides is 2. The highest BCUT2D eigenvalue weighted by molar-refractivity contribution is 6.40. The number of pyridine rings is 2. The first-order chi connectivity index (χ1) is 23.4. The summed E-state index contributed by atoms with van der Waals surface area (Å²) in [5, 5.41) is 8.82. The summed E-state index contributed by atoms with van der Waals surface area (Å²) in [6.45, 7) is 14.6. The average Bonchev–Trinajstić information content (AvgIpc) is 3.12. The van der Waals surface area contributed by atoms with Gasteiger partial charge in [0.2, 0.25) is 0 Å². The summed E-state index contributed by atoms with van der Waals surface area (Å²) < 4.78 is 10.5. The van der Waals surface area contributed by atoms with Crippen LogP contribution in [-0.4, -0.2) is 114 Å². The lowest BCUT2D eigenvalue weighted by atomic mass is 10.1. The van der Waals surface area contributed by atoms with E-state index in [9.17, 15) is 9.59 Å². The van der Waals surface area contributed by atoms with Gasteiger partial charge in [-0.15, -0.1) is 23.2 Å². The van der Waals surface area contributed by atoms with Crippen LogP contribution in [0.3, 0.4) is 0 Å². The lowest BCUT2D eigenvalue weighted by molar-refractivity contribution is 0.0371. The number of ketones is 1. The summed E-state index contributed by atoms with van der Waals surface area (Å²) >= 11 is 9.53. The van der Waals surface area contributed by atoms with E-state index in [4.69, 9.17) is 43.5 Å². The third kappa shape index (κ3) is 23.1. The zero-order chi connectivity index (χ0) is 35.2. The van der Waals surface area contributed by atoms with Crippen molar-refractivity contribution in [2.75, 3.05) is 77.6 Å². The molecule has 2 saturated heterocycles. The van der Waals surface area contributed by atoms with Crippen molar-refractivity contribution in [1.82, 2.24) is 19.8 Å². The summed E-state index contributed by atoms with van der Waals surface area (Å²) in [5.41, 5.74) is 7.51. The van der Waals surface area contributed by atoms with Crippen LogP contribution in [0.1, 0.15) is 91.9 Å². The molecule has 2 aromatic heterocycles. The fraction of sp³-hybridized carbons (Fsp3) is 0.568. The molecule has 0 radical (unpaired) electrons. The third-order valence-electron chi connectivity index (χ3n) is 6.86. The zero-order valence-corrected chi connectivity index (χ0v) is 29.9. The molecule has 0 bridgehead atoms. The largest absolute Gasteiger partial charge is 0.477 e. The van der Waals surface area contributed by atoms with Crippen LogP contribution in [0.4, 0.5) is 0 Å². The SMILES string of the molecule is C.CCC#Cc1ccnc(C(=O)CCCCN2CCOCC2)c1.CCC#Cc1ccnc(C(=O)O)c1.ClCCl.NCCCN1CCOCC1. The van der Waals surface area contributed by atoms with Gasteiger partial charge in [0.15, 0.2) is 5.78 Å². The number of carbonyl (C=O) groups excluding carboxylic acids is 1. The second-order valence-corrected chi connectivity index (χ2v) is 11.3. The number of aromatic nitrogens is 2. The Morgan fingerprint density at radius 2 is 1.27 bits per heavy atom. The number of hydrogen-bond acceptors (Lipinski definition) is 9. The van der Waals surface area contributed by atoms with Gasteiger partial charge in [-0.2, -0.15) is 0 Å². The van der Waals surface area contributed by atoms with Gasteiger partial charge in [-0.3, -0.25) is 19.6 Å². The van der Waals surface area contributed by atoms with E-state index in [1.165, 1.54) is 12.3 Å². The van der Waals surface area contributed by atoms with E-state index in [2.05, 4.69) is 43.4 Å². The van der Waals surface area contributed by atoms with Crippen molar-refractivity contribution in [2.24, 2.45) is 5.73 Å². The molecule has 10 nitrogen and oxygen atoms in total. The molecule has 49 heavy (non-hydrogen) atoms. The first-order valence-electron chi connectivity index (χ1n) is 16.5. The number of aromatic carboxylic acids is 1. The summed E-state index contributed by atoms with van der Waals surface area (Å²) in [5.74, 6) is 10.8. The Morgan fingerprint density at radius 1 is 0.816 bits per heavy atom.